The lowest BCUT2D eigenvalue weighted by Crippen LogP contribution is -2.32. The van der Waals surface area contributed by atoms with Crippen LogP contribution in [-0.4, -0.2) is 21.3 Å². The van der Waals surface area contributed by atoms with E-state index >= 15 is 0 Å². The molecule has 0 spiro atoms. The molecule has 1 atom stereocenters. The van der Waals surface area contributed by atoms with Crippen molar-refractivity contribution in [1.29, 1.82) is 0 Å². The Hall–Kier alpha value is -3.51. The van der Waals surface area contributed by atoms with Gasteiger partial charge in [0.1, 0.15) is 16.8 Å². The van der Waals surface area contributed by atoms with E-state index in [-0.39, 0.29) is 17.2 Å². The molecule has 2 N–H and O–H groups in total. The number of carbonyl (C=O) groups is 1. The molecule has 3 aromatic carbocycles. The number of benzene rings is 3. The Labute approximate surface area is 183 Å². The molecule has 154 valence electrons. The zero-order chi connectivity index (χ0) is 21.4. The van der Waals surface area contributed by atoms with Crippen LogP contribution >= 0.6 is 11.8 Å². The van der Waals surface area contributed by atoms with Gasteiger partial charge in [-0.15, -0.1) is 11.8 Å². The predicted octanol–water partition coefficient (Wildman–Crippen LogP) is 4.58. The summed E-state index contributed by atoms with van der Waals surface area (Å²) in [7, 11) is 0. The Balaban J connectivity index is 1.48. The lowest BCUT2D eigenvalue weighted by molar-refractivity contribution is -0.118. The smallest absolute Gasteiger partial charge is 0.252 e. The van der Waals surface area contributed by atoms with Crippen molar-refractivity contribution in [3.8, 4) is 5.75 Å². The van der Waals surface area contributed by atoms with Gasteiger partial charge in [-0.25, -0.2) is 0 Å². The molecular weight excluding hydrogens is 408 g/mol. The van der Waals surface area contributed by atoms with Crippen LogP contribution in [0.5, 0.6) is 5.75 Å². The molecule has 0 aliphatic carbocycles. The monoisotopic (exact) mass is 428 g/mol. The predicted molar refractivity (Wildman–Crippen MR) is 124 cm³/mol. The first-order valence-corrected chi connectivity index (χ1v) is 11.0. The summed E-state index contributed by atoms with van der Waals surface area (Å²) in [5, 5.41) is 16.5. The molecule has 6 heteroatoms. The number of hydrogen-bond donors (Lipinski definition) is 2. The number of nitrogens with one attached hydrogen (secondary N) is 1. The molecule has 2 heterocycles. The fraction of sp³-hybridized carbons (Fsp3) is 0.120. The highest BCUT2D eigenvalue weighted by Crippen LogP contribution is 2.40. The van der Waals surface area contributed by atoms with Gasteiger partial charge in [-0.2, -0.15) is 0 Å². The minimum Gasteiger partial charge on any atom is -0.505 e. The maximum atomic E-state index is 13.0. The second-order valence-electron chi connectivity index (χ2n) is 7.53. The van der Waals surface area contributed by atoms with Crippen molar-refractivity contribution >= 4 is 34.1 Å². The Morgan fingerprint density at radius 2 is 1.74 bits per heavy atom. The van der Waals surface area contributed by atoms with Crippen LogP contribution in [0, 0.1) is 0 Å². The average Bonchev–Trinajstić information content (AvgIpc) is 3.25. The van der Waals surface area contributed by atoms with E-state index in [1.165, 1.54) is 22.4 Å². The molecule has 1 aliphatic heterocycles. The largest absolute Gasteiger partial charge is 0.505 e. The van der Waals surface area contributed by atoms with Crippen molar-refractivity contribution in [3.05, 3.63) is 100 Å². The van der Waals surface area contributed by atoms with Gasteiger partial charge in [0.25, 0.3) is 5.56 Å². The molecule has 1 aliphatic rings. The molecule has 0 saturated heterocycles. The van der Waals surface area contributed by atoms with E-state index in [4.69, 9.17) is 0 Å². The van der Waals surface area contributed by atoms with Crippen molar-refractivity contribution in [2.24, 2.45) is 0 Å². The van der Waals surface area contributed by atoms with Crippen LogP contribution < -0.4 is 10.9 Å². The number of aromatic hydroxyl groups is 1. The lowest BCUT2D eigenvalue weighted by Gasteiger charge is -2.16. The van der Waals surface area contributed by atoms with E-state index in [0.29, 0.717) is 28.5 Å². The minimum absolute atomic E-state index is 0.0764. The molecule has 1 aromatic heterocycles. The van der Waals surface area contributed by atoms with Gasteiger partial charge in [-0.05, 0) is 28.5 Å². The molecule has 0 bridgehead atoms. The highest BCUT2D eigenvalue weighted by Gasteiger charge is 2.33. The molecular formula is C25H20N2O3S. The van der Waals surface area contributed by atoms with Crippen LogP contribution in [0.25, 0.3) is 10.8 Å². The van der Waals surface area contributed by atoms with Gasteiger partial charge in [0.2, 0.25) is 5.91 Å². The number of thioether (sulfide) groups is 1. The summed E-state index contributed by atoms with van der Waals surface area (Å²) in [5.41, 5.74) is 2.01. The third-order valence-corrected chi connectivity index (χ3v) is 6.70. The summed E-state index contributed by atoms with van der Waals surface area (Å²) in [6.07, 6.45) is 0.442. The molecule has 1 unspecified atom stereocenters. The standard InChI is InChI=1S/C25H20N2O3S/c28-22-14-18(13-17-9-6-8-16-7-4-5-12-20(16)17)23(29)25-27(22)21(15-31-25)24(30)26-19-10-2-1-3-11-19/h1-12,14,21,29H,13,15H2,(H,26,30). The normalized spacial score (nSPS) is 15.0. The van der Waals surface area contributed by atoms with Gasteiger partial charge >= 0.3 is 0 Å². The van der Waals surface area contributed by atoms with Crippen LogP contribution in [-0.2, 0) is 11.2 Å². The summed E-state index contributed by atoms with van der Waals surface area (Å²) in [5.74, 6) is 0.215. The zero-order valence-electron chi connectivity index (χ0n) is 16.6. The van der Waals surface area contributed by atoms with E-state index in [2.05, 4.69) is 5.32 Å². The van der Waals surface area contributed by atoms with Crippen LogP contribution in [0.1, 0.15) is 17.2 Å². The average molecular weight is 429 g/mol. The molecule has 5 nitrogen and oxygen atoms in total. The lowest BCUT2D eigenvalue weighted by atomic mass is 9.98. The number of pyridine rings is 1. The van der Waals surface area contributed by atoms with E-state index in [1.807, 2.05) is 60.7 Å². The van der Waals surface area contributed by atoms with Crippen LogP contribution in [0.3, 0.4) is 0 Å². The van der Waals surface area contributed by atoms with Gasteiger partial charge in [0.05, 0.1) is 0 Å². The van der Waals surface area contributed by atoms with Gasteiger partial charge in [-0.1, -0.05) is 60.7 Å². The zero-order valence-corrected chi connectivity index (χ0v) is 17.4. The quantitative estimate of drug-likeness (QED) is 0.499. The van der Waals surface area contributed by atoms with Crippen molar-refractivity contribution in [2.45, 2.75) is 17.5 Å². The maximum absolute atomic E-state index is 13.0. The third kappa shape index (κ3) is 3.59. The fourth-order valence-corrected chi connectivity index (χ4v) is 5.27. The second-order valence-corrected chi connectivity index (χ2v) is 8.54. The van der Waals surface area contributed by atoms with E-state index in [0.717, 1.165) is 16.3 Å². The van der Waals surface area contributed by atoms with E-state index < -0.39 is 6.04 Å². The summed E-state index contributed by atoms with van der Waals surface area (Å²) in [6.45, 7) is 0. The Morgan fingerprint density at radius 1 is 1.00 bits per heavy atom. The summed E-state index contributed by atoms with van der Waals surface area (Å²) < 4.78 is 1.41. The molecule has 0 saturated carbocycles. The summed E-state index contributed by atoms with van der Waals surface area (Å²) in [6, 6.07) is 24.0. The number of aromatic nitrogens is 1. The number of para-hydroxylation sites is 1. The number of nitrogens with zero attached hydrogens (tertiary/aromatic N) is 1. The first-order chi connectivity index (χ1) is 15.1. The molecule has 4 aromatic rings. The Bertz CT molecular complexity index is 1340. The Morgan fingerprint density at radius 3 is 2.58 bits per heavy atom. The summed E-state index contributed by atoms with van der Waals surface area (Å²) in [4.78, 5) is 25.8. The van der Waals surface area contributed by atoms with E-state index in [9.17, 15) is 14.7 Å². The number of hydrogen-bond acceptors (Lipinski definition) is 4. The SMILES string of the molecule is O=C(Nc1ccccc1)C1CSc2c(O)c(Cc3cccc4ccccc34)cc(=O)n21. The molecule has 0 fully saturated rings. The molecule has 1 amide bonds. The van der Waals surface area contributed by atoms with Crippen LogP contribution in [0.4, 0.5) is 5.69 Å². The maximum Gasteiger partial charge on any atom is 0.252 e. The van der Waals surface area contributed by atoms with Crippen LogP contribution in [0.15, 0.2) is 88.7 Å². The number of fused-ring (bicyclic) bond motifs is 2. The second kappa shape index (κ2) is 7.96. The Kier molecular flexibility index (Phi) is 5.00. The summed E-state index contributed by atoms with van der Waals surface area (Å²) >= 11 is 1.34. The topological polar surface area (TPSA) is 71.3 Å². The third-order valence-electron chi connectivity index (χ3n) is 5.56. The van der Waals surface area contributed by atoms with Crippen LogP contribution in [0.2, 0.25) is 0 Å². The van der Waals surface area contributed by atoms with Gasteiger partial charge in [0.15, 0.2) is 0 Å². The number of amides is 1. The molecule has 31 heavy (non-hydrogen) atoms. The van der Waals surface area contributed by atoms with Crippen molar-refractivity contribution in [1.82, 2.24) is 4.57 Å². The van der Waals surface area contributed by atoms with Crippen molar-refractivity contribution in [2.75, 3.05) is 11.1 Å². The highest BCUT2D eigenvalue weighted by molar-refractivity contribution is 7.99. The fourth-order valence-electron chi connectivity index (χ4n) is 4.03. The van der Waals surface area contributed by atoms with Gasteiger partial charge in [0, 0.05) is 29.5 Å². The number of anilines is 1. The molecule has 0 radical (unpaired) electrons. The van der Waals surface area contributed by atoms with Gasteiger partial charge in [-0.3, -0.25) is 14.2 Å². The number of rotatable bonds is 4. The minimum atomic E-state index is -0.662. The first kappa shape index (κ1) is 19.5. The van der Waals surface area contributed by atoms with Gasteiger partial charge < -0.3 is 10.4 Å². The van der Waals surface area contributed by atoms with Crippen molar-refractivity contribution in [3.63, 3.8) is 0 Å². The van der Waals surface area contributed by atoms with Crippen molar-refractivity contribution < 1.29 is 9.90 Å². The van der Waals surface area contributed by atoms with E-state index in [1.54, 1.807) is 12.1 Å². The highest BCUT2D eigenvalue weighted by atomic mass is 32.2. The molecule has 5 rings (SSSR count). The number of carbonyl (C=O) groups excluding carboxylic acids is 1. The first-order valence-electron chi connectivity index (χ1n) is 10.0.